The van der Waals surface area contributed by atoms with Crippen LogP contribution in [0.25, 0.3) is 0 Å². The zero-order chi connectivity index (χ0) is 14.0. The third kappa shape index (κ3) is 3.39. The van der Waals surface area contributed by atoms with Crippen molar-refractivity contribution in [3.8, 4) is 0 Å². The van der Waals surface area contributed by atoms with E-state index in [0.717, 1.165) is 11.3 Å². The van der Waals surface area contributed by atoms with Gasteiger partial charge in [-0.1, -0.05) is 17.7 Å². The number of ether oxygens (including phenoxy) is 1. The molecule has 0 saturated carbocycles. The van der Waals surface area contributed by atoms with Gasteiger partial charge in [0.1, 0.15) is 0 Å². The lowest BCUT2D eigenvalue weighted by Crippen LogP contribution is -2.49. The van der Waals surface area contributed by atoms with E-state index in [1.165, 1.54) is 0 Å². The second kappa shape index (κ2) is 5.80. The van der Waals surface area contributed by atoms with Crippen LogP contribution in [0.4, 0.5) is 10.5 Å². The Morgan fingerprint density at radius 1 is 1.37 bits per heavy atom. The smallest absolute Gasteiger partial charge is 0.322 e. The molecule has 0 spiro atoms. The Labute approximate surface area is 118 Å². The number of nitrogens with zero attached hydrogens (tertiary/aromatic N) is 1. The van der Waals surface area contributed by atoms with Crippen molar-refractivity contribution in [2.24, 2.45) is 0 Å². The molecule has 2 unspecified atom stereocenters. The average molecular weight is 283 g/mol. The van der Waals surface area contributed by atoms with Gasteiger partial charge in [0.25, 0.3) is 0 Å². The number of hydrogen-bond donors (Lipinski definition) is 1. The number of urea groups is 1. The zero-order valence-electron chi connectivity index (χ0n) is 11.4. The highest BCUT2D eigenvalue weighted by Crippen LogP contribution is 2.23. The van der Waals surface area contributed by atoms with E-state index in [4.69, 9.17) is 16.3 Å². The maximum Gasteiger partial charge on any atom is 0.322 e. The summed E-state index contributed by atoms with van der Waals surface area (Å²) in [5.41, 5.74) is 1.64. The maximum absolute atomic E-state index is 12.2. The minimum atomic E-state index is -0.104. The largest absolute Gasteiger partial charge is 0.372 e. The summed E-state index contributed by atoms with van der Waals surface area (Å²) in [6, 6.07) is 5.39. The molecule has 1 saturated heterocycles. The number of benzene rings is 1. The van der Waals surface area contributed by atoms with Crippen LogP contribution in [-0.4, -0.2) is 36.2 Å². The third-order valence-electron chi connectivity index (χ3n) is 3.22. The summed E-state index contributed by atoms with van der Waals surface area (Å²) in [7, 11) is 0. The van der Waals surface area contributed by atoms with Crippen LogP contribution in [0.2, 0.25) is 5.02 Å². The molecular formula is C14H19ClN2O2. The summed E-state index contributed by atoms with van der Waals surface area (Å²) in [6.45, 7) is 7.05. The Morgan fingerprint density at radius 3 is 2.63 bits per heavy atom. The molecule has 5 heteroatoms. The van der Waals surface area contributed by atoms with Crippen LogP contribution in [0, 0.1) is 6.92 Å². The predicted molar refractivity (Wildman–Crippen MR) is 76.8 cm³/mol. The van der Waals surface area contributed by atoms with Gasteiger partial charge in [-0.15, -0.1) is 0 Å². The summed E-state index contributed by atoms with van der Waals surface area (Å²) in [6.07, 6.45) is 0.130. The van der Waals surface area contributed by atoms with Crippen molar-refractivity contribution in [2.45, 2.75) is 33.0 Å². The third-order valence-corrected chi connectivity index (χ3v) is 3.63. The Hall–Kier alpha value is -1.26. The van der Waals surface area contributed by atoms with Crippen LogP contribution in [-0.2, 0) is 4.74 Å². The minimum absolute atomic E-state index is 0.0648. The number of carbonyl (C=O) groups excluding carboxylic acids is 1. The molecule has 2 rings (SSSR count). The standard InChI is InChI=1S/C14H19ClN2O2/c1-9-7-17(8-10(2)19-9)14(18)16-13-6-4-5-12(15)11(13)3/h4-6,9-10H,7-8H2,1-3H3,(H,16,18). The Balaban J connectivity index is 2.06. The molecule has 0 aromatic heterocycles. The Kier molecular flexibility index (Phi) is 4.32. The summed E-state index contributed by atoms with van der Waals surface area (Å²) < 4.78 is 5.62. The van der Waals surface area contributed by atoms with Crippen molar-refractivity contribution in [2.75, 3.05) is 18.4 Å². The van der Waals surface area contributed by atoms with Crippen molar-refractivity contribution in [3.63, 3.8) is 0 Å². The number of hydrogen-bond acceptors (Lipinski definition) is 2. The molecule has 104 valence electrons. The molecule has 19 heavy (non-hydrogen) atoms. The van der Waals surface area contributed by atoms with Gasteiger partial charge in [-0.25, -0.2) is 4.79 Å². The molecule has 2 amide bonds. The van der Waals surface area contributed by atoms with Gasteiger partial charge in [0, 0.05) is 23.8 Å². The lowest BCUT2D eigenvalue weighted by Gasteiger charge is -2.35. The summed E-state index contributed by atoms with van der Waals surface area (Å²) >= 11 is 6.04. The van der Waals surface area contributed by atoms with E-state index in [-0.39, 0.29) is 18.2 Å². The van der Waals surface area contributed by atoms with Crippen LogP contribution < -0.4 is 5.32 Å². The summed E-state index contributed by atoms with van der Waals surface area (Å²) in [4.78, 5) is 14.0. The summed E-state index contributed by atoms with van der Waals surface area (Å²) in [5, 5.41) is 3.56. The maximum atomic E-state index is 12.2. The van der Waals surface area contributed by atoms with E-state index in [1.807, 2.05) is 39.0 Å². The van der Waals surface area contributed by atoms with Crippen molar-refractivity contribution in [1.29, 1.82) is 0 Å². The van der Waals surface area contributed by atoms with Crippen LogP contribution in [0.15, 0.2) is 18.2 Å². The molecule has 1 heterocycles. The number of nitrogens with one attached hydrogen (secondary N) is 1. The van der Waals surface area contributed by atoms with Gasteiger partial charge in [-0.2, -0.15) is 0 Å². The molecule has 0 bridgehead atoms. The molecule has 0 aliphatic carbocycles. The molecule has 2 atom stereocenters. The molecule has 0 radical (unpaired) electrons. The Morgan fingerprint density at radius 2 is 2.00 bits per heavy atom. The highest BCUT2D eigenvalue weighted by molar-refractivity contribution is 6.31. The van der Waals surface area contributed by atoms with Gasteiger partial charge >= 0.3 is 6.03 Å². The quantitative estimate of drug-likeness (QED) is 0.859. The first-order chi connectivity index (χ1) is 8.97. The van der Waals surface area contributed by atoms with Crippen LogP contribution >= 0.6 is 11.6 Å². The monoisotopic (exact) mass is 282 g/mol. The van der Waals surface area contributed by atoms with Gasteiger partial charge in [0.2, 0.25) is 0 Å². The SMILES string of the molecule is Cc1c(Cl)cccc1NC(=O)N1CC(C)OC(C)C1. The van der Waals surface area contributed by atoms with Crippen molar-refractivity contribution in [3.05, 3.63) is 28.8 Å². The van der Waals surface area contributed by atoms with Crippen LogP contribution in [0.3, 0.4) is 0 Å². The van der Waals surface area contributed by atoms with E-state index in [0.29, 0.717) is 18.1 Å². The molecule has 4 nitrogen and oxygen atoms in total. The second-order valence-electron chi connectivity index (χ2n) is 5.00. The first kappa shape index (κ1) is 14.2. The molecule has 1 aromatic rings. The van der Waals surface area contributed by atoms with E-state index in [9.17, 15) is 4.79 Å². The molecular weight excluding hydrogens is 264 g/mol. The average Bonchev–Trinajstić information content (AvgIpc) is 2.33. The number of morpholine rings is 1. The molecule has 1 N–H and O–H groups in total. The fraction of sp³-hybridized carbons (Fsp3) is 0.500. The first-order valence-corrected chi connectivity index (χ1v) is 6.81. The van der Waals surface area contributed by atoms with Crippen LogP contribution in [0.5, 0.6) is 0 Å². The van der Waals surface area contributed by atoms with Crippen molar-refractivity contribution < 1.29 is 9.53 Å². The highest BCUT2D eigenvalue weighted by atomic mass is 35.5. The topological polar surface area (TPSA) is 41.6 Å². The van der Waals surface area contributed by atoms with Gasteiger partial charge in [-0.05, 0) is 38.5 Å². The van der Waals surface area contributed by atoms with Crippen molar-refractivity contribution >= 4 is 23.3 Å². The number of rotatable bonds is 1. The van der Waals surface area contributed by atoms with Gasteiger partial charge in [0.15, 0.2) is 0 Å². The molecule has 1 aliphatic rings. The van der Waals surface area contributed by atoms with Gasteiger partial charge < -0.3 is 15.0 Å². The lowest BCUT2D eigenvalue weighted by atomic mass is 10.2. The van der Waals surface area contributed by atoms with Crippen LogP contribution in [0.1, 0.15) is 19.4 Å². The molecule has 1 fully saturated rings. The highest BCUT2D eigenvalue weighted by Gasteiger charge is 2.26. The fourth-order valence-corrected chi connectivity index (χ4v) is 2.46. The predicted octanol–water partition coefficient (Wildman–Crippen LogP) is 3.29. The molecule has 1 aromatic carbocycles. The first-order valence-electron chi connectivity index (χ1n) is 6.44. The minimum Gasteiger partial charge on any atom is -0.372 e. The lowest BCUT2D eigenvalue weighted by molar-refractivity contribution is -0.0530. The van der Waals surface area contributed by atoms with E-state index in [2.05, 4.69) is 5.32 Å². The number of amides is 2. The van der Waals surface area contributed by atoms with Gasteiger partial charge in [0.05, 0.1) is 12.2 Å². The molecule has 1 aliphatic heterocycles. The number of anilines is 1. The zero-order valence-corrected chi connectivity index (χ0v) is 12.2. The van der Waals surface area contributed by atoms with Gasteiger partial charge in [-0.3, -0.25) is 0 Å². The number of halogens is 1. The fourth-order valence-electron chi connectivity index (χ4n) is 2.28. The van der Waals surface area contributed by atoms with E-state index < -0.39 is 0 Å². The Bertz CT molecular complexity index is 469. The van der Waals surface area contributed by atoms with E-state index in [1.54, 1.807) is 4.90 Å². The second-order valence-corrected chi connectivity index (χ2v) is 5.41. The normalized spacial score (nSPS) is 23.3. The van der Waals surface area contributed by atoms with Crippen molar-refractivity contribution in [1.82, 2.24) is 4.90 Å². The van der Waals surface area contributed by atoms with E-state index >= 15 is 0 Å². The number of carbonyl (C=O) groups is 1. The summed E-state index contributed by atoms with van der Waals surface area (Å²) in [5.74, 6) is 0.